The van der Waals surface area contributed by atoms with Gasteiger partial charge in [-0.3, -0.25) is 4.79 Å². The van der Waals surface area contributed by atoms with Crippen molar-refractivity contribution in [1.82, 2.24) is 9.59 Å². The highest BCUT2D eigenvalue weighted by Gasteiger charge is 2.17. The van der Waals surface area contributed by atoms with Gasteiger partial charge in [-0.1, -0.05) is 52.5 Å². The number of anilines is 1. The summed E-state index contributed by atoms with van der Waals surface area (Å²) < 4.78 is 3.93. The van der Waals surface area contributed by atoms with Crippen LogP contribution < -0.4 is 5.32 Å². The van der Waals surface area contributed by atoms with Gasteiger partial charge < -0.3 is 5.32 Å². The van der Waals surface area contributed by atoms with E-state index in [-0.39, 0.29) is 5.91 Å². The fourth-order valence-electron chi connectivity index (χ4n) is 2.21. The molecule has 1 N–H and O–H groups in total. The summed E-state index contributed by atoms with van der Waals surface area (Å²) in [6, 6.07) is 15.3. The normalized spacial score (nSPS) is 10.5. The molecular weight excluding hydrogens is 330 g/mol. The summed E-state index contributed by atoms with van der Waals surface area (Å²) >= 11 is 7.19. The molecule has 1 aromatic heterocycles. The van der Waals surface area contributed by atoms with E-state index in [2.05, 4.69) is 14.9 Å². The van der Waals surface area contributed by atoms with Crippen LogP contribution >= 0.6 is 23.1 Å². The largest absolute Gasteiger partial charge is 0.321 e. The van der Waals surface area contributed by atoms with E-state index in [1.807, 2.05) is 43.3 Å². The van der Waals surface area contributed by atoms with Gasteiger partial charge in [0, 0.05) is 17.1 Å². The van der Waals surface area contributed by atoms with Gasteiger partial charge in [-0.2, -0.15) is 0 Å². The number of nitrogens with zero attached hydrogens (tertiary/aromatic N) is 2. The Bertz CT molecular complexity index is 833. The Morgan fingerprint density at radius 2 is 1.96 bits per heavy atom. The fraction of sp³-hybridized carbons (Fsp3) is 0.118. The van der Waals surface area contributed by atoms with Crippen LogP contribution in [0.3, 0.4) is 0 Å². The molecule has 0 radical (unpaired) electrons. The molecule has 1 amide bonds. The molecule has 2 aromatic carbocycles. The SMILES string of the molecule is Cc1c(Cl)cccc1NC(=O)c1snnc1Cc1ccccc1. The van der Waals surface area contributed by atoms with Crippen LogP contribution in [0.25, 0.3) is 0 Å². The number of hydrogen-bond donors (Lipinski definition) is 1. The minimum Gasteiger partial charge on any atom is -0.321 e. The lowest BCUT2D eigenvalue weighted by molar-refractivity contribution is 0.102. The second kappa shape index (κ2) is 6.89. The van der Waals surface area contributed by atoms with E-state index in [9.17, 15) is 4.79 Å². The Kier molecular flexibility index (Phi) is 4.69. The van der Waals surface area contributed by atoms with E-state index < -0.39 is 0 Å². The van der Waals surface area contributed by atoms with E-state index in [0.29, 0.717) is 27.7 Å². The third-order valence-corrected chi connectivity index (χ3v) is 4.67. The van der Waals surface area contributed by atoms with Crippen LogP contribution in [0.5, 0.6) is 0 Å². The number of amides is 1. The van der Waals surface area contributed by atoms with Crippen molar-refractivity contribution >= 4 is 34.7 Å². The van der Waals surface area contributed by atoms with Gasteiger partial charge in [0.1, 0.15) is 4.88 Å². The number of benzene rings is 2. The molecule has 0 fully saturated rings. The van der Waals surface area contributed by atoms with Gasteiger partial charge in [-0.15, -0.1) is 5.10 Å². The minimum absolute atomic E-state index is 0.212. The maximum absolute atomic E-state index is 12.5. The molecule has 0 aliphatic carbocycles. The number of carbonyl (C=O) groups is 1. The van der Waals surface area contributed by atoms with Gasteiger partial charge in [-0.25, -0.2) is 0 Å². The molecule has 0 bridgehead atoms. The zero-order chi connectivity index (χ0) is 16.2. The molecule has 0 saturated carbocycles. The van der Waals surface area contributed by atoms with Gasteiger partial charge in [0.05, 0.1) is 5.69 Å². The minimum atomic E-state index is -0.212. The van der Waals surface area contributed by atoms with Gasteiger partial charge in [0.15, 0.2) is 0 Å². The monoisotopic (exact) mass is 343 g/mol. The number of nitrogens with one attached hydrogen (secondary N) is 1. The number of halogens is 1. The highest BCUT2D eigenvalue weighted by atomic mass is 35.5. The lowest BCUT2D eigenvalue weighted by Crippen LogP contribution is -2.13. The zero-order valence-electron chi connectivity index (χ0n) is 12.4. The van der Waals surface area contributed by atoms with Crippen molar-refractivity contribution in [3.05, 3.63) is 75.3 Å². The maximum atomic E-state index is 12.5. The predicted molar refractivity (Wildman–Crippen MR) is 93.3 cm³/mol. The third-order valence-electron chi connectivity index (χ3n) is 3.49. The average Bonchev–Trinajstić information content (AvgIpc) is 3.01. The van der Waals surface area contributed by atoms with Gasteiger partial charge in [0.2, 0.25) is 0 Å². The molecule has 116 valence electrons. The molecule has 0 saturated heterocycles. The van der Waals surface area contributed by atoms with E-state index in [1.165, 1.54) is 0 Å². The lowest BCUT2D eigenvalue weighted by atomic mass is 10.1. The van der Waals surface area contributed by atoms with Crippen LogP contribution in [-0.2, 0) is 6.42 Å². The van der Waals surface area contributed by atoms with Crippen molar-refractivity contribution in [3.63, 3.8) is 0 Å². The number of carbonyl (C=O) groups excluding carboxylic acids is 1. The van der Waals surface area contributed by atoms with Crippen molar-refractivity contribution in [1.29, 1.82) is 0 Å². The second-order valence-corrected chi connectivity index (χ2v) is 6.24. The standard InChI is InChI=1S/C17H14ClN3OS/c1-11-13(18)8-5-9-14(11)19-17(22)16-15(20-21-23-16)10-12-6-3-2-4-7-12/h2-9H,10H2,1H3,(H,19,22). The Balaban J connectivity index is 1.81. The molecule has 4 nitrogen and oxygen atoms in total. The Morgan fingerprint density at radius 3 is 2.74 bits per heavy atom. The first-order valence-corrected chi connectivity index (χ1v) is 8.22. The number of aromatic nitrogens is 2. The number of hydrogen-bond acceptors (Lipinski definition) is 4. The average molecular weight is 344 g/mol. The Hall–Kier alpha value is -2.24. The van der Waals surface area contributed by atoms with Crippen LogP contribution in [0, 0.1) is 6.92 Å². The summed E-state index contributed by atoms with van der Waals surface area (Å²) in [5.74, 6) is -0.212. The lowest BCUT2D eigenvalue weighted by Gasteiger charge is -2.09. The first-order valence-electron chi connectivity index (χ1n) is 7.07. The first-order chi connectivity index (χ1) is 11.1. The van der Waals surface area contributed by atoms with E-state index in [0.717, 1.165) is 22.7 Å². The van der Waals surface area contributed by atoms with E-state index in [1.54, 1.807) is 12.1 Å². The summed E-state index contributed by atoms with van der Waals surface area (Å²) in [7, 11) is 0. The van der Waals surface area contributed by atoms with Crippen molar-refractivity contribution in [2.75, 3.05) is 5.32 Å². The van der Waals surface area contributed by atoms with Crippen LogP contribution in [0.2, 0.25) is 5.02 Å². The summed E-state index contributed by atoms with van der Waals surface area (Å²) in [6.07, 6.45) is 0.578. The summed E-state index contributed by atoms with van der Waals surface area (Å²) in [5, 5.41) is 7.60. The molecule has 0 atom stereocenters. The van der Waals surface area contributed by atoms with E-state index in [4.69, 9.17) is 11.6 Å². The van der Waals surface area contributed by atoms with Crippen molar-refractivity contribution in [3.8, 4) is 0 Å². The Labute approximate surface area is 143 Å². The fourth-order valence-corrected chi connectivity index (χ4v) is 2.96. The third kappa shape index (κ3) is 3.57. The molecule has 0 aliphatic rings. The second-order valence-electron chi connectivity index (χ2n) is 5.08. The van der Waals surface area contributed by atoms with Gasteiger partial charge in [0.25, 0.3) is 5.91 Å². The molecule has 6 heteroatoms. The molecule has 3 rings (SSSR count). The predicted octanol–water partition coefficient (Wildman–Crippen LogP) is 4.34. The molecule has 0 aliphatic heterocycles. The summed E-state index contributed by atoms with van der Waals surface area (Å²) in [6.45, 7) is 1.87. The molecule has 23 heavy (non-hydrogen) atoms. The quantitative estimate of drug-likeness (QED) is 0.766. The van der Waals surface area contributed by atoms with Gasteiger partial charge in [-0.05, 0) is 41.7 Å². The molecule has 0 unspecified atom stereocenters. The summed E-state index contributed by atoms with van der Waals surface area (Å²) in [4.78, 5) is 13.0. The van der Waals surface area contributed by atoms with Crippen LogP contribution in [0.4, 0.5) is 5.69 Å². The maximum Gasteiger partial charge on any atom is 0.269 e. The number of rotatable bonds is 4. The van der Waals surface area contributed by atoms with Gasteiger partial charge >= 0.3 is 0 Å². The van der Waals surface area contributed by atoms with Crippen LogP contribution in [-0.4, -0.2) is 15.5 Å². The molecule has 3 aromatic rings. The van der Waals surface area contributed by atoms with E-state index >= 15 is 0 Å². The highest BCUT2D eigenvalue weighted by molar-refractivity contribution is 7.08. The smallest absolute Gasteiger partial charge is 0.269 e. The van der Waals surface area contributed by atoms with Crippen LogP contribution in [0.15, 0.2) is 48.5 Å². The molecule has 0 spiro atoms. The Morgan fingerprint density at radius 1 is 1.17 bits per heavy atom. The van der Waals surface area contributed by atoms with Crippen molar-refractivity contribution in [2.24, 2.45) is 0 Å². The van der Waals surface area contributed by atoms with Crippen molar-refractivity contribution in [2.45, 2.75) is 13.3 Å². The van der Waals surface area contributed by atoms with Crippen LogP contribution in [0.1, 0.15) is 26.5 Å². The molecular formula is C17H14ClN3OS. The highest BCUT2D eigenvalue weighted by Crippen LogP contribution is 2.24. The summed E-state index contributed by atoms with van der Waals surface area (Å²) in [5.41, 5.74) is 3.30. The topological polar surface area (TPSA) is 54.9 Å². The first kappa shape index (κ1) is 15.6. The zero-order valence-corrected chi connectivity index (χ0v) is 14.0. The molecule has 1 heterocycles. The van der Waals surface area contributed by atoms with Crippen molar-refractivity contribution < 1.29 is 4.79 Å².